The molecule has 2 aromatic rings. The summed E-state index contributed by atoms with van der Waals surface area (Å²) in [4.78, 5) is 11.1. The second kappa shape index (κ2) is 3.92. The van der Waals surface area contributed by atoms with Gasteiger partial charge in [0.2, 0.25) is 0 Å². The molecule has 0 aliphatic heterocycles. The van der Waals surface area contributed by atoms with Crippen LogP contribution in [0.3, 0.4) is 0 Å². The van der Waals surface area contributed by atoms with Crippen molar-refractivity contribution >= 4 is 0 Å². The van der Waals surface area contributed by atoms with E-state index in [9.17, 15) is 18.0 Å². The predicted octanol–water partition coefficient (Wildman–Crippen LogP) is 0.854. The fraction of sp³-hybridized carbons (Fsp3) is 0.125. The Morgan fingerprint density at radius 3 is 2.71 bits per heavy atom. The second-order valence-corrected chi connectivity index (χ2v) is 2.96. The van der Waals surface area contributed by atoms with E-state index in [1.54, 1.807) is 0 Å². The Bertz CT molecular complexity index is 574. The summed E-state index contributed by atoms with van der Waals surface area (Å²) in [6.07, 6.45) is -4.78. The molecule has 0 spiro atoms. The second-order valence-electron chi connectivity index (χ2n) is 2.96. The van der Waals surface area contributed by atoms with Gasteiger partial charge >= 0.3 is 12.1 Å². The zero-order valence-corrected chi connectivity index (χ0v) is 8.10. The van der Waals surface area contributed by atoms with E-state index < -0.39 is 17.8 Å². The Labute approximate surface area is 91.6 Å². The molecule has 0 fully saturated rings. The lowest BCUT2D eigenvalue weighted by atomic mass is 10.3. The smallest absolute Gasteiger partial charge is 0.406 e. The molecule has 1 aromatic heterocycles. The molecule has 9 heteroatoms. The molecule has 0 saturated heterocycles. The van der Waals surface area contributed by atoms with Crippen molar-refractivity contribution in [3.05, 3.63) is 34.7 Å². The van der Waals surface area contributed by atoms with Crippen molar-refractivity contribution in [1.82, 2.24) is 20.2 Å². The van der Waals surface area contributed by atoms with Crippen LogP contribution in [-0.4, -0.2) is 26.6 Å². The van der Waals surface area contributed by atoms with Crippen molar-refractivity contribution in [2.24, 2.45) is 0 Å². The fourth-order valence-electron chi connectivity index (χ4n) is 1.18. The highest BCUT2D eigenvalue weighted by Crippen LogP contribution is 2.23. The van der Waals surface area contributed by atoms with Gasteiger partial charge in [0.15, 0.2) is 0 Å². The molecule has 90 valence electrons. The number of alkyl halides is 3. The largest absolute Gasteiger partial charge is 0.573 e. The minimum absolute atomic E-state index is 0.116. The maximum absolute atomic E-state index is 12.0. The monoisotopic (exact) mass is 246 g/mol. The molecule has 1 heterocycles. The van der Waals surface area contributed by atoms with Crippen LogP contribution < -0.4 is 10.4 Å². The SMILES string of the molecule is O=c1[nH]nnn1-c1cccc(OC(F)(F)F)c1. The average Bonchev–Trinajstić information content (AvgIpc) is 2.62. The Balaban J connectivity index is 2.36. The molecule has 0 atom stereocenters. The van der Waals surface area contributed by atoms with Crippen LogP contribution in [0.1, 0.15) is 0 Å². The van der Waals surface area contributed by atoms with E-state index in [1.165, 1.54) is 12.1 Å². The first-order valence-corrected chi connectivity index (χ1v) is 4.32. The fourth-order valence-corrected chi connectivity index (χ4v) is 1.18. The molecule has 0 aliphatic carbocycles. The van der Waals surface area contributed by atoms with E-state index in [1.807, 2.05) is 5.10 Å². The van der Waals surface area contributed by atoms with E-state index in [4.69, 9.17) is 0 Å². The van der Waals surface area contributed by atoms with Crippen LogP contribution in [0.15, 0.2) is 29.1 Å². The number of aromatic amines is 1. The van der Waals surface area contributed by atoms with Gasteiger partial charge in [-0.1, -0.05) is 6.07 Å². The summed E-state index contributed by atoms with van der Waals surface area (Å²) >= 11 is 0. The normalized spacial score (nSPS) is 11.5. The van der Waals surface area contributed by atoms with Gasteiger partial charge in [-0.3, -0.25) is 0 Å². The van der Waals surface area contributed by atoms with Gasteiger partial charge in [-0.2, -0.15) is 4.68 Å². The Morgan fingerprint density at radius 2 is 2.12 bits per heavy atom. The third-order valence-corrected chi connectivity index (χ3v) is 1.77. The van der Waals surface area contributed by atoms with Crippen LogP contribution in [-0.2, 0) is 0 Å². The van der Waals surface area contributed by atoms with Crippen molar-refractivity contribution < 1.29 is 17.9 Å². The lowest BCUT2D eigenvalue weighted by molar-refractivity contribution is -0.274. The first-order valence-electron chi connectivity index (χ1n) is 4.32. The molecule has 17 heavy (non-hydrogen) atoms. The Hall–Kier alpha value is -2.32. The average molecular weight is 246 g/mol. The molecule has 0 saturated carbocycles. The maximum Gasteiger partial charge on any atom is 0.573 e. The zero-order chi connectivity index (χ0) is 12.5. The van der Waals surface area contributed by atoms with Crippen molar-refractivity contribution in [3.8, 4) is 11.4 Å². The number of hydrogen-bond donors (Lipinski definition) is 1. The van der Waals surface area contributed by atoms with Gasteiger partial charge in [-0.25, -0.2) is 9.89 Å². The number of rotatable bonds is 2. The molecular formula is C8H5F3N4O2. The Kier molecular flexibility index (Phi) is 2.58. The summed E-state index contributed by atoms with van der Waals surface area (Å²) in [5, 5.41) is 8.62. The highest BCUT2D eigenvalue weighted by atomic mass is 19.4. The summed E-state index contributed by atoms with van der Waals surface area (Å²) < 4.78 is 40.4. The number of nitrogens with zero attached hydrogens (tertiary/aromatic N) is 3. The molecule has 0 radical (unpaired) electrons. The van der Waals surface area contributed by atoms with Crippen LogP contribution in [0.4, 0.5) is 13.2 Å². The number of H-pyrrole nitrogens is 1. The van der Waals surface area contributed by atoms with E-state index >= 15 is 0 Å². The number of halogens is 3. The molecular weight excluding hydrogens is 241 g/mol. The van der Waals surface area contributed by atoms with Gasteiger partial charge in [-0.05, 0) is 22.6 Å². The first-order chi connectivity index (χ1) is 7.96. The molecule has 1 aromatic carbocycles. The zero-order valence-electron chi connectivity index (χ0n) is 8.10. The topological polar surface area (TPSA) is 72.8 Å². The lowest BCUT2D eigenvalue weighted by Crippen LogP contribution is -2.18. The van der Waals surface area contributed by atoms with Crippen molar-refractivity contribution in [3.63, 3.8) is 0 Å². The molecule has 6 nitrogen and oxygen atoms in total. The van der Waals surface area contributed by atoms with Crippen LogP contribution >= 0.6 is 0 Å². The van der Waals surface area contributed by atoms with E-state index in [0.717, 1.165) is 16.8 Å². The lowest BCUT2D eigenvalue weighted by Gasteiger charge is -2.09. The number of hydrogen-bond acceptors (Lipinski definition) is 4. The van der Waals surface area contributed by atoms with Gasteiger partial charge < -0.3 is 4.74 Å². The van der Waals surface area contributed by atoms with Crippen molar-refractivity contribution in [2.75, 3.05) is 0 Å². The van der Waals surface area contributed by atoms with Gasteiger partial charge in [0.1, 0.15) is 5.75 Å². The molecule has 1 N–H and O–H groups in total. The van der Waals surface area contributed by atoms with Gasteiger partial charge in [-0.15, -0.1) is 13.2 Å². The van der Waals surface area contributed by atoms with Crippen molar-refractivity contribution in [2.45, 2.75) is 6.36 Å². The number of aromatic nitrogens is 4. The summed E-state index contributed by atoms with van der Waals surface area (Å²) in [5.74, 6) is -0.440. The molecule has 0 aliphatic rings. The number of benzene rings is 1. The van der Waals surface area contributed by atoms with Gasteiger partial charge in [0, 0.05) is 6.07 Å². The van der Waals surface area contributed by atoms with E-state index in [-0.39, 0.29) is 5.69 Å². The van der Waals surface area contributed by atoms with E-state index in [2.05, 4.69) is 15.2 Å². The van der Waals surface area contributed by atoms with Gasteiger partial charge in [0.05, 0.1) is 5.69 Å². The Morgan fingerprint density at radius 1 is 1.35 bits per heavy atom. The van der Waals surface area contributed by atoms with Crippen LogP contribution in [0.25, 0.3) is 5.69 Å². The summed E-state index contributed by atoms with van der Waals surface area (Å²) in [6.45, 7) is 0. The summed E-state index contributed by atoms with van der Waals surface area (Å²) in [7, 11) is 0. The molecule has 0 amide bonds. The number of tetrazole rings is 1. The number of ether oxygens (including phenoxy) is 1. The highest BCUT2D eigenvalue weighted by molar-refractivity contribution is 5.38. The van der Waals surface area contributed by atoms with Gasteiger partial charge in [0.25, 0.3) is 0 Å². The highest BCUT2D eigenvalue weighted by Gasteiger charge is 2.31. The minimum atomic E-state index is -4.78. The minimum Gasteiger partial charge on any atom is -0.406 e. The first kappa shape index (κ1) is 11.2. The number of nitrogens with one attached hydrogen (secondary N) is 1. The van der Waals surface area contributed by atoms with Crippen LogP contribution in [0.2, 0.25) is 0 Å². The maximum atomic E-state index is 12.0. The standard InChI is InChI=1S/C8H5F3N4O2/c9-8(10,11)17-6-3-1-2-5(4-6)15-7(16)12-13-14-15/h1-4H,(H,12,14,16). The molecule has 0 unspecified atom stereocenters. The molecule has 0 bridgehead atoms. The molecule has 2 rings (SSSR count). The van der Waals surface area contributed by atoms with Crippen molar-refractivity contribution in [1.29, 1.82) is 0 Å². The van der Waals surface area contributed by atoms with Crippen LogP contribution in [0, 0.1) is 0 Å². The summed E-state index contributed by atoms with van der Waals surface area (Å²) in [5.41, 5.74) is -0.542. The quantitative estimate of drug-likeness (QED) is 0.852. The third kappa shape index (κ3) is 2.62. The predicted molar refractivity (Wildman–Crippen MR) is 48.7 cm³/mol. The van der Waals surface area contributed by atoms with E-state index in [0.29, 0.717) is 0 Å². The third-order valence-electron chi connectivity index (χ3n) is 1.77. The summed E-state index contributed by atoms with van der Waals surface area (Å²) in [6, 6.07) is 4.84. The van der Waals surface area contributed by atoms with Crippen LogP contribution in [0.5, 0.6) is 5.75 Å².